The molecule has 8 heteroatoms. The maximum Gasteiger partial charge on any atom is 0.269 e. The van der Waals surface area contributed by atoms with Gasteiger partial charge in [0.1, 0.15) is 5.75 Å². The second-order valence-corrected chi connectivity index (χ2v) is 12.9. The third kappa shape index (κ3) is 7.63. The fourth-order valence-electron chi connectivity index (χ4n) is 2.77. The molecule has 2 rings (SSSR count). The number of hydrogen-bond acceptors (Lipinski definition) is 6. The van der Waals surface area contributed by atoms with Crippen molar-refractivity contribution in [3.8, 4) is 17.2 Å². The second kappa shape index (κ2) is 11.9. The molecule has 1 N–H and O–H groups in total. The van der Waals surface area contributed by atoms with Crippen molar-refractivity contribution >= 4 is 32.7 Å². The van der Waals surface area contributed by atoms with Crippen LogP contribution in [-0.2, 0) is 13.9 Å². The molecule has 6 nitrogen and oxygen atoms in total. The second-order valence-electron chi connectivity index (χ2n) is 7.19. The first-order valence-electron chi connectivity index (χ1n) is 10.7. The van der Waals surface area contributed by atoms with Gasteiger partial charge in [0.2, 0.25) is 7.37 Å². The number of rotatable bonds is 12. The smallest absolute Gasteiger partial charge is 0.269 e. The minimum atomic E-state index is -2.92. The molecule has 0 aliphatic rings. The average molecular weight is 488 g/mol. The van der Waals surface area contributed by atoms with Gasteiger partial charge in [0, 0.05) is 29.9 Å². The molecule has 0 bridgehead atoms. The first-order valence-corrected chi connectivity index (χ1v) is 14.6. The third-order valence-electron chi connectivity index (χ3n) is 4.96. The molecule has 0 heterocycles. The van der Waals surface area contributed by atoms with Gasteiger partial charge in [0.25, 0.3) is 7.37 Å². The van der Waals surface area contributed by atoms with E-state index in [9.17, 15) is 19.0 Å². The molecule has 2 aromatic carbocycles. The zero-order valence-corrected chi connectivity index (χ0v) is 20.9. The average Bonchev–Trinajstić information content (AvgIpc) is 2.83. The maximum atomic E-state index is 12.6. The highest BCUT2D eigenvalue weighted by atomic mass is 31.2. The van der Waals surface area contributed by atoms with Crippen molar-refractivity contribution in [2.24, 2.45) is 0 Å². The molecule has 2 aromatic rings. The quantitative estimate of drug-likeness (QED) is 0.251. The molecule has 0 aromatic heterocycles. The molecule has 0 radical (unpaired) electrons. The topological polar surface area (TPSA) is 89.9 Å². The van der Waals surface area contributed by atoms with Gasteiger partial charge in [-0.05, 0) is 42.0 Å². The van der Waals surface area contributed by atoms with Crippen molar-refractivity contribution in [1.82, 2.24) is 0 Å². The number of allylic oxidation sites excluding steroid dienone is 2. The van der Waals surface area contributed by atoms with E-state index in [-0.39, 0.29) is 17.3 Å². The lowest BCUT2D eigenvalue weighted by Crippen LogP contribution is -1.98. The summed E-state index contributed by atoms with van der Waals surface area (Å²) in [6.07, 6.45) is 6.85. The summed E-state index contributed by atoms with van der Waals surface area (Å²) >= 11 is 0. The van der Waals surface area contributed by atoms with Gasteiger partial charge >= 0.3 is 0 Å². The predicted molar refractivity (Wildman–Crippen MR) is 136 cm³/mol. The van der Waals surface area contributed by atoms with Gasteiger partial charge in [-0.15, -0.1) is 0 Å². The van der Waals surface area contributed by atoms with Crippen molar-refractivity contribution in [3.63, 3.8) is 0 Å². The molecule has 0 fully saturated rings. The van der Waals surface area contributed by atoms with E-state index >= 15 is 0 Å². The van der Waals surface area contributed by atoms with E-state index in [0.29, 0.717) is 35.4 Å². The molecule has 0 aliphatic carbocycles. The molecule has 0 saturated carbocycles. The number of phenols is 1. The van der Waals surface area contributed by atoms with E-state index < -0.39 is 14.7 Å². The molecule has 33 heavy (non-hydrogen) atoms. The number of hydrogen-bond donors (Lipinski definition) is 1. The van der Waals surface area contributed by atoms with Crippen molar-refractivity contribution in [2.75, 3.05) is 18.5 Å². The lowest BCUT2D eigenvalue weighted by atomic mass is 10.1. The highest BCUT2D eigenvalue weighted by Gasteiger charge is 2.21. The molecular weight excluding hydrogens is 458 g/mol. The Morgan fingerprint density at radius 3 is 2.27 bits per heavy atom. The molecular formula is C25H30O6P2. The lowest BCUT2D eigenvalue weighted by molar-refractivity contribution is -0.110. The Bertz CT molecular complexity index is 1140. The molecule has 0 spiro atoms. The Labute approximate surface area is 195 Å². The molecule has 0 aliphatic heterocycles. The number of carbonyl (C=O) groups is 1. The van der Waals surface area contributed by atoms with Crippen LogP contribution in [0.15, 0.2) is 67.0 Å². The first-order chi connectivity index (χ1) is 15.7. The van der Waals surface area contributed by atoms with Crippen LogP contribution in [0, 0.1) is 0 Å². The summed E-state index contributed by atoms with van der Waals surface area (Å²) in [5.74, 6) is 1.43. The van der Waals surface area contributed by atoms with Crippen LogP contribution < -0.4 is 9.05 Å². The van der Waals surface area contributed by atoms with Crippen LogP contribution in [0.3, 0.4) is 0 Å². The number of phenolic OH excluding ortho intramolecular Hbond substituents is 1. The monoisotopic (exact) mass is 488 g/mol. The standard InChI is InChI=1S/C25H30O6P2/c1-5-32(28,6-2)30-23-13-9-11-20(19-23)15-17-22(26)18-16-21-12-10-14-24(25(21)27)31-33(29,7-3)8-4/h5,9-19,27H,1,6-8H2,2-4H3. The van der Waals surface area contributed by atoms with Gasteiger partial charge in [0.15, 0.2) is 17.3 Å². The number of ketones is 1. The molecule has 0 saturated heterocycles. The van der Waals surface area contributed by atoms with Crippen LogP contribution in [-0.4, -0.2) is 29.4 Å². The molecule has 1 atom stereocenters. The normalized spacial score (nSPS) is 13.7. The highest BCUT2D eigenvalue weighted by molar-refractivity contribution is 7.62. The summed E-state index contributed by atoms with van der Waals surface area (Å²) in [4.78, 5) is 12.3. The maximum absolute atomic E-state index is 12.6. The summed E-state index contributed by atoms with van der Waals surface area (Å²) in [6, 6.07) is 11.7. The zero-order chi connectivity index (χ0) is 24.5. The predicted octanol–water partition coefficient (Wildman–Crippen LogP) is 7.20. The largest absolute Gasteiger partial charge is 0.504 e. The summed E-state index contributed by atoms with van der Waals surface area (Å²) in [5, 5.41) is 10.5. The van der Waals surface area contributed by atoms with E-state index in [0.717, 1.165) is 0 Å². The zero-order valence-electron chi connectivity index (χ0n) is 19.1. The third-order valence-corrected chi connectivity index (χ3v) is 9.38. The Balaban J connectivity index is 2.12. The molecule has 176 valence electrons. The summed E-state index contributed by atoms with van der Waals surface area (Å²) in [7, 11) is -5.77. The highest BCUT2D eigenvalue weighted by Crippen LogP contribution is 2.49. The lowest BCUT2D eigenvalue weighted by Gasteiger charge is -2.17. The van der Waals surface area contributed by atoms with Gasteiger partial charge in [-0.25, -0.2) is 0 Å². The number of benzene rings is 2. The number of para-hydroxylation sites is 1. The minimum Gasteiger partial charge on any atom is -0.504 e. The van der Waals surface area contributed by atoms with Gasteiger partial charge in [-0.2, -0.15) is 0 Å². The van der Waals surface area contributed by atoms with Gasteiger partial charge in [-0.3, -0.25) is 13.9 Å². The van der Waals surface area contributed by atoms with E-state index in [2.05, 4.69) is 6.58 Å². The van der Waals surface area contributed by atoms with Crippen LogP contribution in [0.5, 0.6) is 17.2 Å². The Morgan fingerprint density at radius 2 is 1.64 bits per heavy atom. The van der Waals surface area contributed by atoms with Gasteiger partial charge < -0.3 is 14.2 Å². The summed E-state index contributed by atoms with van der Waals surface area (Å²) in [6.45, 7) is 8.89. The van der Waals surface area contributed by atoms with Gasteiger partial charge in [0.05, 0.1) is 0 Å². The van der Waals surface area contributed by atoms with Crippen molar-refractivity contribution in [3.05, 3.63) is 78.1 Å². The van der Waals surface area contributed by atoms with Crippen LogP contribution in [0.1, 0.15) is 31.9 Å². The molecule has 0 amide bonds. The van der Waals surface area contributed by atoms with Crippen LogP contribution in [0.4, 0.5) is 0 Å². The summed E-state index contributed by atoms with van der Waals surface area (Å²) < 4.78 is 36.1. The Hall–Kier alpha value is -2.81. The Kier molecular flexibility index (Phi) is 9.52. The van der Waals surface area contributed by atoms with Crippen LogP contribution in [0.25, 0.3) is 12.2 Å². The SMILES string of the molecule is C=CP(=O)(CC)Oc1cccc(C=CC(=O)C=Cc2cccc(OP(=O)(CC)CC)c2O)c1. The first kappa shape index (κ1) is 26.4. The fraction of sp³-hybridized carbons (Fsp3) is 0.240. The van der Waals surface area contributed by atoms with E-state index in [1.54, 1.807) is 69.3 Å². The van der Waals surface area contributed by atoms with Crippen molar-refractivity contribution in [2.45, 2.75) is 20.8 Å². The number of aromatic hydroxyl groups is 1. The number of carbonyl (C=O) groups excluding carboxylic acids is 1. The van der Waals surface area contributed by atoms with Crippen LogP contribution in [0.2, 0.25) is 0 Å². The van der Waals surface area contributed by atoms with E-state index in [4.69, 9.17) is 9.05 Å². The summed E-state index contributed by atoms with van der Waals surface area (Å²) in [5.41, 5.74) is 1.08. The van der Waals surface area contributed by atoms with Gasteiger partial charge in [-0.1, -0.05) is 57.7 Å². The van der Waals surface area contributed by atoms with E-state index in [1.807, 2.05) is 0 Å². The van der Waals surface area contributed by atoms with Crippen LogP contribution >= 0.6 is 14.7 Å². The van der Waals surface area contributed by atoms with Crippen molar-refractivity contribution in [1.29, 1.82) is 0 Å². The van der Waals surface area contributed by atoms with E-state index in [1.165, 1.54) is 24.0 Å². The Morgan fingerprint density at radius 1 is 0.970 bits per heavy atom. The minimum absolute atomic E-state index is 0.132. The molecule has 1 unspecified atom stereocenters. The fourth-order valence-corrected chi connectivity index (χ4v) is 4.91. The van der Waals surface area contributed by atoms with Crippen molar-refractivity contribution < 1.29 is 28.1 Å².